The van der Waals surface area contributed by atoms with Gasteiger partial charge in [0.1, 0.15) is 19.2 Å². The summed E-state index contributed by atoms with van der Waals surface area (Å²) in [5.74, 6) is 0. The molecule has 0 amide bonds. The van der Waals surface area contributed by atoms with Crippen LogP contribution in [-0.2, 0) is 6.54 Å². The molecule has 5 nitrogen and oxygen atoms in total. The molecule has 20 heavy (non-hydrogen) atoms. The Labute approximate surface area is 122 Å². The second kappa shape index (κ2) is 10.1. The molecule has 112 valence electrons. The van der Waals surface area contributed by atoms with Gasteiger partial charge >= 0.3 is 0 Å². The number of H-pyrrole nitrogens is 1. The third-order valence-corrected chi connectivity index (χ3v) is 3.70. The first-order chi connectivity index (χ1) is 9.26. The highest BCUT2D eigenvalue weighted by Gasteiger charge is 2.20. The van der Waals surface area contributed by atoms with Crippen LogP contribution in [0.2, 0.25) is 0 Å². The lowest BCUT2D eigenvalue weighted by Gasteiger charge is -2.35. The molecule has 0 fully saturated rings. The molecule has 5 heteroatoms. The maximum atomic E-state index is 3.56. The lowest BCUT2D eigenvalue weighted by molar-refractivity contribution is -0.936. The molecule has 0 aliphatic heterocycles. The van der Waals surface area contributed by atoms with Gasteiger partial charge in [-0.15, -0.1) is 0 Å². The smallest absolute Gasteiger partial charge is 0.137 e. The summed E-state index contributed by atoms with van der Waals surface area (Å²) in [6.45, 7) is 11.7. The van der Waals surface area contributed by atoms with E-state index in [4.69, 9.17) is 0 Å². The number of nitrogens with zero attached hydrogens (tertiary/aromatic N) is 3. The SMILES string of the molecule is CC[N+](CC)(CC)Cc1ccccc1.N.c1nc[nH]n1. The van der Waals surface area contributed by atoms with Crippen LogP contribution < -0.4 is 6.15 Å². The third-order valence-electron chi connectivity index (χ3n) is 3.70. The van der Waals surface area contributed by atoms with E-state index >= 15 is 0 Å². The highest BCUT2D eigenvalue weighted by Crippen LogP contribution is 2.13. The van der Waals surface area contributed by atoms with Crippen molar-refractivity contribution in [3.05, 3.63) is 48.5 Å². The van der Waals surface area contributed by atoms with Crippen LogP contribution in [0.1, 0.15) is 26.3 Å². The molecule has 0 aliphatic carbocycles. The minimum atomic E-state index is 0. The lowest BCUT2D eigenvalue weighted by Crippen LogP contribution is -2.46. The second-order valence-corrected chi connectivity index (χ2v) is 4.59. The number of aromatic nitrogens is 3. The van der Waals surface area contributed by atoms with Gasteiger partial charge in [0.25, 0.3) is 0 Å². The predicted octanol–water partition coefficient (Wildman–Crippen LogP) is 3.03. The third kappa shape index (κ3) is 5.95. The second-order valence-electron chi connectivity index (χ2n) is 4.59. The standard InChI is InChI=1S/C13H22N.C2H3N3.H3N/c1-4-14(5-2,6-3)12-13-10-8-7-9-11-13;1-3-2-5-4-1;/h7-11H,4-6,12H2,1-3H3;1-2H,(H,3,4,5);1H3/q+1;;. The predicted molar refractivity (Wildman–Crippen MR) is 83.4 cm³/mol. The minimum absolute atomic E-state index is 0. The van der Waals surface area contributed by atoms with Crippen LogP contribution >= 0.6 is 0 Å². The summed E-state index contributed by atoms with van der Waals surface area (Å²) >= 11 is 0. The topological polar surface area (TPSA) is 76.6 Å². The van der Waals surface area contributed by atoms with Gasteiger partial charge in [0, 0.05) is 5.56 Å². The van der Waals surface area contributed by atoms with Crippen molar-refractivity contribution in [2.24, 2.45) is 0 Å². The zero-order valence-corrected chi connectivity index (χ0v) is 12.9. The van der Waals surface area contributed by atoms with Gasteiger partial charge in [-0.3, -0.25) is 5.10 Å². The summed E-state index contributed by atoms with van der Waals surface area (Å²) in [6.07, 6.45) is 2.96. The van der Waals surface area contributed by atoms with Gasteiger partial charge in [-0.25, -0.2) is 4.98 Å². The molecule has 0 saturated carbocycles. The van der Waals surface area contributed by atoms with Gasteiger partial charge in [-0.2, -0.15) is 5.10 Å². The molecule has 0 unspecified atom stereocenters. The van der Waals surface area contributed by atoms with Crippen molar-refractivity contribution in [3.63, 3.8) is 0 Å². The molecule has 0 radical (unpaired) electrons. The Kier molecular flexibility index (Phi) is 9.24. The average Bonchev–Trinajstić information content (AvgIpc) is 3.05. The van der Waals surface area contributed by atoms with Crippen LogP contribution in [0.25, 0.3) is 0 Å². The number of quaternary nitrogens is 1. The molecule has 1 heterocycles. The maximum absolute atomic E-state index is 3.56. The van der Waals surface area contributed by atoms with E-state index in [1.54, 1.807) is 0 Å². The van der Waals surface area contributed by atoms with E-state index < -0.39 is 0 Å². The molecule has 1 aromatic carbocycles. The Morgan fingerprint density at radius 2 is 1.60 bits per heavy atom. The summed E-state index contributed by atoms with van der Waals surface area (Å²) in [6, 6.07) is 10.8. The number of rotatable bonds is 5. The number of aromatic amines is 1. The molecular weight excluding hydrogens is 250 g/mol. The number of nitrogens with one attached hydrogen (secondary N) is 1. The van der Waals surface area contributed by atoms with Crippen LogP contribution in [0.15, 0.2) is 43.0 Å². The van der Waals surface area contributed by atoms with Crippen LogP contribution in [0.5, 0.6) is 0 Å². The maximum Gasteiger partial charge on any atom is 0.137 e. The minimum Gasteiger partial charge on any atom is -0.344 e. The molecule has 4 N–H and O–H groups in total. The summed E-state index contributed by atoms with van der Waals surface area (Å²) in [5.41, 5.74) is 1.46. The highest BCUT2D eigenvalue weighted by molar-refractivity contribution is 5.13. The zero-order valence-electron chi connectivity index (χ0n) is 12.9. The molecule has 0 bridgehead atoms. The van der Waals surface area contributed by atoms with Crippen LogP contribution in [0, 0.1) is 0 Å². The Morgan fingerprint density at radius 3 is 1.95 bits per heavy atom. The summed E-state index contributed by atoms with van der Waals surface area (Å²) < 4.78 is 1.20. The molecule has 2 rings (SSSR count). The quantitative estimate of drug-likeness (QED) is 0.825. The molecule has 1 aromatic heterocycles. The molecule has 0 atom stereocenters. The van der Waals surface area contributed by atoms with Crippen molar-refractivity contribution >= 4 is 0 Å². The Bertz CT molecular complexity index is 384. The van der Waals surface area contributed by atoms with E-state index in [0.29, 0.717) is 0 Å². The van der Waals surface area contributed by atoms with Gasteiger partial charge in [-0.1, -0.05) is 30.3 Å². The lowest BCUT2D eigenvalue weighted by atomic mass is 10.2. The van der Waals surface area contributed by atoms with E-state index in [0.717, 1.165) is 0 Å². The molecule has 0 spiro atoms. The van der Waals surface area contributed by atoms with Crippen molar-refractivity contribution in [2.45, 2.75) is 27.3 Å². The van der Waals surface area contributed by atoms with Crippen molar-refractivity contribution in [2.75, 3.05) is 19.6 Å². The van der Waals surface area contributed by atoms with E-state index in [-0.39, 0.29) is 6.15 Å². The van der Waals surface area contributed by atoms with E-state index in [2.05, 4.69) is 66.3 Å². The van der Waals surface area contributed by atoms with E-state index in [1.807, 2.05) is 0 Å². The first-order valence-electron chi connectivity index (χ1n) is 6.94. The summed E-state index contributed by atoms with van der Waals surface area (Å²) in [4.78, 5) is 3.56. The van der Waals surface area contributed by atoms with E-state index in [1.165, 1.54) is 48.9 Å². The zero-order chi connectivity index (χ0) is 14.0. The van der Waals surface area contributed by atoms with Gasteiger partial charge in [0.05, 0.1) is 19.6 Å². The normalized spacial score (nSPS) is 10.2. The fourth-order valence-corrected chi connectivity index (χ4v) is 2.14. The molecular formula is C15H28N5+. The van der Waals surface area contributed by atoms with Crippen molar-refractivity contribution in [3.8, 4) is 0 Å². The Hall–Kier alpha value is -1.72. The fraction of sp³-hybridized carbons (Fsp3) is 0.467. The molecule has 2 aromatic rings. The Balaban J connectivity index is 0.000000507. The average molecular weight is 278 g/mol. The molecule has 0 saturated heterocycles. The number of benzene rings is 1. The fourth-order valence-electron chi connectivity index (χ4n) is 2.14. The highest BCUT2D eigenvalue weighted by atomic mass is 15.3. The van der Waals surface area contributed by atoms with Crippen molar-refractivity contribution < 1.29 is 4.48 Å². The van der Waals surface area contributed by atoms with Crippen molar-refractivity contribution in [1.29, 1.82) is 0 Å². The van der Waals surface area contributed by atoms with Crippen molar-refractivity contribution in [1.82, 2.24) is 21.3 Å². The first kappa shape index (κ1) is 18.3. The van der Waals surface area contributed by atoms with Crippen LogP contribution in [0.4, 0.5) is 0 Å². The monoisotopic (exact) mass is 278 g/mol. The summed E-state index contributed by atoms with van der Waals surface area (Å²) in [7, 11) is 0. The van der Waals surface area contributed by atoms with Gasteiger partial charge in [0.2, 0.25) is 0 Å². The number of hydrogen-bond acceptors (Lipinski definition) is 3. The summed E-state index contributed by atoms with van der Waals surface area (Å²) in [5, 5.41) is 5.99. The van der Waals surface area contributed by atoms with Gasteiger partial charge in [0.15, 0.2) is 0 Å². The van der Waals surface area contributed by atoms with E-state index in [9.17, 15) is 0 Å². The number of hydrogen-bond donors (Lipinski definition) is 2. The van der Waals surface area contributed by atoms with Gasteiger partial charge in [-0.05, 0) is 20.8 Å². The van der Waals surface area contributed by atoms with Crippen LogP contribution in [0.3, 0.4) is 0 Å². The molecule has 0 aliphatic rings. The largest absolute Gasteiger partial charge is 0.344 e. The Morgan fingerprint density at radius 1 is 1.00 bits per heavy atom. The van der Waals surface area contributed by atoms with Gasteiger partial charge < -0.3 is 10.6 Å². The first-order valence-corrected chi connectivity index (χ1v) is 6.94. The van der Waals surface area contributed by atoms with Crippen LogP contribution in [-0.4, -0.2) is 39.3 Å².